The maximum absolute atomic E-state index is 12.5. The number of benzene rings is 1. The van der Waals surface area contributed by atoms with Gasteiger partial charge < -0.3 is 5.32 Å². The Morgan fingerprint density at radius 1 is 1.17 bits per heavy atom. The van der Waals surface area contributed by atoms with Crippen molar-refractivity contribution >= 4 is 38.5 Å². The van der Waals surface area contributed by atoms with Crippen LogP contribution in [0.3, 0.4) is 0 Å². The van der Waals surface area contributed by atoms with Crippen molar-refractivity contribution in [2.24, 2.45) is 0 Å². The molecule has 0 bridgehead atoms. The van der Waals surface area contributed by atoms with Crippen LogP contribution < -0.4 is 5.32 Å². The van der Waals surface area contributed by atoms with E-state index in [1.165, 1.54) is 0 Å². The molecule has 6 nitrogen and oxygen atoms in total. The summed E-state index contributed by atoms with van der Waals surface area (Å²) in [6.07, 6.45) is 1.74. The van der Waals surface area contributed by atoms with Gasteiger partial charge in [0.2, 0.25) is 5.28 Å². The molecule has 0 aliphatic rings. The Balaban J connectivity index is 2.12. The van der Waals surface area contributed by atoms with E-state index in [4.69, 9.17) is 11.6 Å². The van der Waals surface area contributed by atoms with Crippen molar-refractivity contribution in [2.75, 3.05) is 5.32 Å². The molecule has 0 unspecified atom stereocenters. The highest BCUT2D eigenvalue weighted by Crippen LogP contribution is 2.28. The summed E-state index contributed by atoms with van der Waals surface area (Å²) in [5.41, 5.74) is 1.16. The van der Waals surface area contributed by atoms with E-state index in [2.05, 4.69) is 15.4 Å². The largest absolute Gasteiger partial charge is 0.337 e. The molecule has 0 aliphatic carbocycles. The van der Waals surface area contributed by atoms with Crippen molar-refractivity contribution in [2.45, 2.75) is 24.0 Å². The van der Waals surface area contributed by atoms with E-state index in [0.29, 0.717) is 17.0 Å². The Bertz CT molecular complexity index is 967. The number of para-hydroxylation sites is 1. The Morgan fingerprint density at radius 2 is 1.91 bits per heavy atom. The van der Waals surface area contributed by atoms with Crippen LogP contribution in [0.1, 0.15) is 13.8 Å². The summed E-state index contributed by atoms with van der Waals surface area (Å²) in [4.78, 5) is 4.40. The lowest BCUT2D eigenvalue weighted by Crippen LogP contribution is -2.15. The van der Waals surface area contributed by atoms with E-state index in [1.807, 2.05) is 12.1 Å². The standard InChI is InChI=1S/C15H15ClN4O2S/c1-10(2)23(21,22)13-8-4-3-6-11(13)17-14-12-7-5-9-20(12)19-15(16)18-14/h3-10H,1-2H3,(H,17,18,19). The molecule has 0 radical (unpaired) electrons. The van der Waals surface area contributed by atoms with E-state index < -0.39 is 15.1 Å². The summed E-state index contributed by atoms with van der Waals surface area (Å²) in [6.45, 7) is 3.30. The fourth-order valence-corrected chi connectivity index (χ4v) is 3.57. The third-order valence-electron chi connectivity index (χ3n) is 3.43. The normalized spacial score (nSPS) is 12.0. The molecule has 1 aromatic carbocycles. The van der Waals surface area contributed by atoms with Gasteiger partial charge in [-0.1, -0.05) is 12.1 Å². The zero-order chi connectivity index (χ0) is 16.6. The van der Waals surface area contributed by atoms with Crippen LogP contribution in [-0.2, 0) is 9.84 Å². The van der Waals surface area contributed by atoms with Crippen molar-refractivity contribution in [1.82, 2.24) is 14.6 Å². The second-order valence-electron chi connectivity index (χ2n) is 5.28. The molecule has 0 atom stereocenters. The van der Waals surface area contributed by atoms with Gasteiger partial charge in [-0.15, -0.1) is 5.10 Å². The maximum atomic E-state index is 12.5. The van der Waals surface area contributed by atoms with Gasteiger partial charge in [-0.25, -0.2) is 12.9 Å². The molecule has 2 heterocycles. The summed E-state index contributed by atoms with van der Waals surface area (Å²) in [5, 5.41) is 6.67. The zero-order valence-corrected chi connectivity index (χ0v) is 14.1. The Morgan fingerprint density at radius 3 is 2.65 bits per heavy atom. The van der Waals surface area contributed by atoms with Crippen LogP contribution in [0.25, 0.3) is 5.52 Å². The first-order valence-corrected chi connectivity index (χ1v) is 8.93. The van der Waals surface area contributed by atoms with E-state index in [0.717, 1.165) is 0 Å². The summed E-state index contributed by atoms with van der Waals surface area (Å²) in [6, 6.07) is 10.4. The number of anilines is 2. The number of rotatable bonds is 4. The molecule has 0 amide bonds. The van der Waals surface area contributed by atoms with Gasteiger partial charge in [-0.2, -0.15) is 4.98 Å². The zero-order valence-electron chi connectivity index (χ0n) is 12.6. The molecule has 23 heavy (non-hydrogen) atoms. The molecule has 0 aliphatic heterocycles. The van der Waals surface area contributed by atoms with Crippen molar-refractivity contribution in [3.8, 4) is 0 Å². The van der Waals surface area contributed by atoms with Crippen LogP contribution in [0, 0.1) is 0 Å². The van der Waals surface area contributed by atoms with E-state index >= 15 is 0 Å². The molecule has 0 saturated carbocycles. The maximum Gasteiger partial charge on any atom is 0.243 e. The minimum Gasteiger partial charge on any atom is -0.337 e. The van der Waals surface area contributed by atoms with Gasteiger partial charge in [-0.3, -0.25) is 0 Å². The van der Waals surface area contributed by atoms with E-state index in [-0.39, 0.29) is 10.2 Å². The Kier molecular flexibility index (Phi) is 3.99. The van der Waals surface area contributed by atoms with Gasteiger partial charge in [0.05, 0.1) is 15.8 Å². The minimum atomic E-state index is -3.42. The second kappa shape index (κ2) is 5.82. The van der Waals surface area contributed by atoms with Crippen molar-refractivity contribution in [3.63, 3.8) is 0 Å². The van der Waals surface area contributed by atoms with Gasteiger partial charge in [0, 0.05) is 6.20 Å². The van der Waals surface area contributed by atoms with Crippen LogP contribution in [0.4, 0.5) is 11.5 Å². The molecule has 0 fully saturated rings. The number of sulfone groups is 1. The number of hydrogen-bond donors (Lipinski definition) is 1. The van der Waals surface area contributed by atoms with Crippen LogP contribution in [0.2, 0.25) is 5.28 Å². The SMILES string of the molecule is CC(C)S(=O)(=O)c1ccccc1Nc1nc(Cl)nn2cccc12. The van der Waals surface area contributed by atoms with Gasteiger partial charge in [-0.05, 0) is 49.7 Å². The number of aromatic nitrogens is 3. The molecule has 0 saturated heterocycles. The van der Waals surface area contributed by atoms with Crippen molar-refractivity contribution in [3.05, 3.63) is 47.9 Å². The summed E-state index contributed by atoms with van der Waals surface area (Å²) < 4.78 is 26.6. The fraction of sp³-hybridized carbons (Fsp3) is 0.200. The predicted octanol–water partition coefficient (Wildman–Crippen LogP) is 3.31. The van der Waals surface area contributed by atoms with Crippen LogP contribution in [0.15, 0.2) is 47.5 Å². The van der Waals surface area contributed by atoms with Crippen LogP contribution in [0.5, 0.6) is 0 Å². The highest BCUT2D eigenvalue weighted by atomic mass is 35.5. The minimum absolute atomic E-state index is 0.0698. The molecular weight excluding hydrogens is 336 g/mol. The molecule has 120 valence electrons. The van der Waals surface area contributed by atoms with Gasteiger partial charge >= 0.3 is 0 Å². The lowest BCUT2D eigenvalue weighted by molar-refractivity contribution is 0.588. The predicted molar refractivity (Wildman–Crippen MR) is 90.0 cm³/mol. The van der Waals surface area contributed by atoms with Crippen LogP contribution >= 0.6 is 11.6 Å². The average molecular weight is 351 g/mol. The van der Waals surface area contributed by atoms with Crippen LogP contribution in [-0.4, -0.2) is 28.3 Å². The van der Waals surface area contributed by atoms with Crippen molar-refractivity contribution < 1.29 is 8.42 Å². The highest BCUT2D eigenvalue weighted by Gasteiger charge is 2.23. The molecule has 2 aromatic heterocycles. The van der Waals surface area contributed by atoms with Gasteiger partial charge in [0.25, 0.3) is 0 Å². The number of nitrogens with zero attached hydrogens (tertiary/aromatic N) is 3. The molecular formula is C15H15ClN4O2S. The summed E-state index contributed by atoms with van der Waals surface area (Å²) in [5.74, 6) is 0.446. The quantitative estimate of drug-likeness (QED) is 0.781. The van der Waals surface area contributed by atoms with Gasteiger partial charge in [0.1, 0.15) is 5.52 Å². The topological polar surface area (TPSA) is 76.4 Å². The average Bonchev–Trinajstić information content (AvgIpc) is 2.95. The Labute approximate surface area is 139 Å². The van der Waals surface area contributed by atoms with Gasteiger partial charge in [0.15, 0.2) is 15.7 Å². The number of hydrogen-bond acceptors (Lipinski definition) is 5. The van der Waals surface area contributed by atoms with Crippen molar-refractivity contribution in [1.29, 1.82) is 0 Å². The molecule has 0 spiro atoms. The highest BCUT2D eigenvalue weighted by molar-refractivity contribution is 7.92. The first-order chi connectivity index (χ1) is 10.9. The Hall–Kier alpha value is -2.12. The molecule has 1 N–H and O–H groups in total. The lowest BCUT2D eigenvalue weighted by Gasteiger charge is -2.14. The monoisotopic (exact) mass is 350 g/mol. The third kappa shape index (κ3) is 2.89. The summed E-state index contributed by atoms with van der Waals surface area (Å²) in [7, 11) is -3.42. The molecule has 3 rings (SSSR count). The number of fused-ring (bicyclic) bond motifs is 1. The fourth-order valence-electron chi connectivity index (χ4n) is 2.20. The number of nitrogens with one attached hydrogen (secondary N) is 1. The lowest BCUT2D eigenvalue weighted by atomic mass is 10.3. The first-order valence-electron chi connectivity index (χ1n) is 7.00. The van der Waals surface area contributed by atoms with E-state index in [9.17, 15) is 8.42 Å². The number of halogens is 1. The summed E-state index contributed by atoms with van der Waals surface area (Å²) >= 11 is 5.93. The van der Waals surface area contributed by atoms with E-state index in [1.54, 1.807) is 48.8 Å². The molecule has 8 heteroatoms. The molecule has 3 aromatic rings. The third-order valence-corrected chi connectivity index (χ3v) is 5.80. The smallest absolute Gasteiger partial charge is 0.243 e. The second-order valence-corrected chi connectivity index (χ2v) is 8.09. The first kappa shape index (κ1) is 15.8.